The number of aromatic nitrogens is 1. The largest absolute Gasteiger partial charge is 0.495 e. The Hall–Kier alpha value is -4.65. The summed E-state index contributed by atoms with van der Waals surface area (Å²) in [6, 6.07) is 27.2. The minimum absolute atomic E-state index is 0.0194. The maximum atomic E-state index is 13.6. The van der Waals surface area contributed by atoms with Crippen molar-refractivity contribution < 1.29 is 23.8 Å². The molecule has 0 radical (unpaired) electrons. The highest BCUT2D eigenvalue weighted by molar-refractivity contribution is 6.01. The Balaban J connectivity index is 1.46. The quantitative estimate of drug-likeness (QED) is 0.258. The van der Waals surface area contributed by atoms with E-state index in [0.29, 0.717) is 22.6 Å². The molecule has 5 rings (SSSR count). The van der Waals surface area contributed by atoms with Gasteiger partial charge in [0.25, 0.3) is 5.56 Å². The summed E-state index contributed by atoms with van der Waals surface area (Å²) in [5.74, 6) is -0.817. The molecule has 1 aliphatic rings. The van der Waals surface area contributed by atoms with E-state index in [0.717, 1.165) is 11.1 Å². The molecule has 0 bridgehead atoms. The molecule has 7 heteroatoms. The molecule has 0 aliphatic heterocycles. The minimum Gasteiger partial charge on any atom is -0.495 e. The van der Waals surface area contributed by atoms with Gasteiger partial charge in [-0.1, -0.05) is 72.8 Å². The van der Waals surface area contributed by atoms with Crippen LogP contribution in [0.25, 0.3) is 5.69 Å². The first-order chi connectivity index (χ1) is 18.5. The molecule has 7 nitrogen and oxygen atoms in total. The van der Waals surface area contributed by atoms with Crippen LogP contribution in [-0.4, -0.2) is 23.6 Å². The summed E-state index contributed by atoms with van der Waals surface area (Å²) in [5, 5.41) is 0. The standard InChI is InChI=1S/C31H27NO6/c1-36-27-15-9-8-14-26(27)32-19-25-18-31(17-24(25)16-28(32)33,29(34)37-20-22-10-4-2-5-11-22)30(35)38-21-23-12-6-3-7-13-23/h2-16,19H,17-18,20-21H2,1H3. The second-order valence-electron chi connectivity index (χ2n) is 9.26. The van der Waals surface area contributed by atoms with E-state index in [1.165, 1.54) is 17.7 Å². The predicted molar refractivity (Wildman–Crippen MR) is 141 cm³/mol. The van der Waals surface area contributed by atoms with Crippen LogP contribution < -0.4 is 10.3 Å². The lowest BCUT2D eigenvalue weighted by Crippen LogP contribution is -2.42. The van der Waals surface area contributed by atoms with Crippen LogP contribution in [0, 0.1) is 5.41 Å². The number of pyridine rings is 1. The Morgan fingerprint density at radius 2 is 1.29 bits per heavy atom. The van der Waals surface area contributed by atoms with Crippen LogP contribution in [0.3, 0.4) is 0 Å². The van der Waals surface area contributed by atoms with Gasteiger partial charge in [-0.05, 0) is 34.4 Å². The number of carbonyl (C=O) groups is 2. The number of carbonyl (C=O) groups excluding carboxylic acids is 2. The molecule has 1 heterocycles. The lowest BCUT2D eigenvalue weighted by molar-refractivity contribution is -0.173. The van der Waals surface area contributed by atoms with E-state index in [2.05, 4.69) is 0 Å². The number of methoxy groups -OCH3 is 1. The monoisotopic (exact) mass is 509 g/mol. The zero-order valence-corrected chi connectivity index (χ0v) is 21.0. The Bertz CT molecular complexity index is 1460. The summed E-state index contributed by atoms with van der Waals surface area (Å²) in [5.41, 5.74) is 1.61. The van der Waals surface area contributed by atoms with Crippen molar-refractivity contribution in [1.29, 1.82) is 0 Å². The minimum atomic E-state index is -1.60. The smallest absolute Gasteiger partial charge is 0.324 e. The Kier molecular flexibility index (Phi) is 7.09. The number of benzene rings is 3. The van der Waals surface area contributed by atoms with Gasteiger partial charge in [-0.15, -0.1) is 0 Å². The zero-order valence-electron chi connectivity index (χ0n) is 21.0. The van der Waals surface area contributed by atoms with Crippen LogP contribution in [0.4, 0.5) is 0 Å². The second kappa shape index (κ2) is 10.8. The van der Waals surface area contributed by atoms with Gasteiger partial charge in [-0.2, -0.15) is 0 Å². The number of fused-ring (bicyclic) bond motifs is 1. The number of esters is 2. The van der Waals surface area contributed by atoms with Crippen molar-refractivity contribution in [2.24, 2.45) is 5.41 Å². The molecule has 1 aromatic heterocycles. The maximum absolute atomic E-state index is 13.6. The third kappa shape index (κ3) is 4.95. The van der Waals surface area contributed by atoms with E-state index in [9.17, 15) is 14.4 Å². The molecule has 4 aromatic rings. The summed E-state index contributed by atoms with van der Waals surface area (Å²) in [7, 11) is 1.54. The van der Waals surface area contributed by atoms with Gasteiger partial charge in [0.05, 0.1) is 12.8 Å². The predicted octanol–water partition coefficient (Wildman–Crippen LogP) is 4.42. The molecule has 3 aromatic carbocycles. The number of rotatable bonds is 8. The molecule has 0 atom stereocenters. The van der Waals surface area contributed by atoms with E-state index < -0.39 is 17.4 Å². The van der Waals surface area contributed by atoms with E-state index in [-0.39, 0.29) is 31.6 Å². The number of ether oxygens (including phenoxy) is 3. The summed E-state index contributed by atoms with van der Waals surface area (Å²) in [6.45, 7) is 0.0511. The highest BCUT2D eigenvalue weighted by Gasteiger charge is 2.53. The number of nitrogens with zero attached hydrogens (tertiary/aromatic N) is 1. The van der Waals surface area contributed by atoms with Crippen LogP contribution in [0.15, 0.2) is 102 Å². The molecule has 0 amide bonds. The third-order valence-electron chi connectivity index (χ3n) is 6.77. The molecule has 0 saturated heterocycles. The molecule has 38 heavy (non-hydrogen) atoms. The second-order valence-corrected chi connectivity index (χ2v) is 9.26. The highest BCUT2D eigenvalue weighted by Crippen LogP contribution is 2.40. The van der Waals surface area contributed by atoms with Gasteiger partial charge < -0.3 is 14.2 Å². The molecule has 1 aliphatic carbocycles. The number of hydrogen-bond donors (Lipinski definition) is 0. The van der Waals surface area contributed by atoms with E-state index in [1.807, 2.05) is 72.8 Å². The first kappa shape index (κ1) is 25.0. The van der Waals surface area contributed by atoms with E-state index in [4.69, 9.17) is 14.2 Å². The van der Waals surface area contributed by atoms with Crippen molar-refractivity contribution in [3.8, 4) is 11.4 Å². The lowest BCUT2D eigenvalue weighted by atomic mass is 9.84. The fourth-order valence-electron chi connectivity index (χ4n) is 4.76. The Morgan fingerprint density at radius 3 is 1.87 bits per heavy atom. The third-order valence-corrected chi connectivity index (χ3v) is 6.77. The molecule has 0 N–H and O–H groups in total. The molecule has 0 fully saturated rings. The maximum Gasteiger partial charge on any atom is 0.324 e. The fraction of sp³-hybridized carbons (Fsp3) is 0.194. The summed E-state index contributed by atoms with van der Waals surface area (Å²) >= 11 is 0. The van der Waals surface area contributed by atoms with Crippen LogP contribution in [0.1, 0.15) is 22.3 Å². The van der Waals surface area contributed by atoms with Crippen LogP contribution in [-0.2, 0) is 45.1 Å². The van der Waals surface area contributed by atoms with Gasteiger partial charge in [0.2, 0.25) is 0 Å². The van der Waals surface area contributed by atoms with Gasteiger partial charge >= 0.3 is 11.9 Å². The normalized spacial score (nSPS) is 13.4. The van der Waals surface area contributed by atoms with Crippen molar-refractivity contribution in [1.82, 2.24) is 4.57 Å². The molecular weight excluding hydrogens is 482 g/mol. The van der Waals surface area contributed by atoms with Crippen molar-refractivity contribution in [3.63, 3.8) is 0 Å². The zero-order chi connectivity index (χ0) is 26.5. The van der Waals surface area contributed by atoms with Gasteiger partial charge in [0, 0.05) is 25.1 Å². The molecule has 0 saturated carbocycles. The van der Waals surface area contributed by atoms with Gasteiger partial charge in [-0.3, -0.25) is 19.0 Å². The molecule has 192 valence electrons. The molecule has 0 unspecified atom stereocenters. The Morgan fingerprint density at radius 1 is 0.763 bits per heavy atom. The van der Waals surface area contributed by atoms with Gasteiger partial charge in [-0.25, -0.2) is 0 Å². The van der Waals surface area contributed by atoms with E-state index in [1.54, 1.807) is 18.3 Å². The fourth-order valence-corrected chi connectivity index (χ4v) is 4.76. The number of hydrogen-bond acceptors (Lipinski definition) is 6. The molecular formula is C31H27NO6. The van der Waals surface area contributed by atoms with Crippen molar-refractivity contribution in [2.45, 2.75) is 26.1 Å². The first-order valence-electron chi connectivity index (χ1n) is 12.3. The van der Waals surface area contributed by atoms with Crippen LogP contribution >= 0.6 is 0 Å². The van der Waals surface area contributed by atoms with Gasteiger partial charge in [0.1, 0.15) is 19.0 Å². The first-order valence-corrected chi connectivity index (χ1v) is 12.3. The van der Waals surface area contributed by atoms with Crippen LogP contribution in [0.5, 0.6) is 5.75 Å². The average molecular weight is 510 g/mol. The van der Waals surface area contributed by atoms with Crippen molar-refractivity contribution in [3.05, 3.63) is 130 Å². The summed E-state index contributed by atoms with van der Waals surface area (Å²) < 4.78 is 18.2. The lowest BCUT2D eigenvalue weighted by Gasteiger charge is -2.24. The van der Waals surface area contributed by atoms with Crippen molar-refractivity contribution >= 4 is 11.9 Å². The summed E-state index contributed by atoms with van der Waals surface area (Å²) in [6.07, 6.45) is 1.75. The van der Waals surface area contributed by atoms with Gasteiger partial charge in [0.15, 0.2) is 5.41 Å². The van der Waals surface area contributed by atoms with Crippen LogP contribution in [0.2, 0.25) is 0 Å². The topological polar surface area (TPSA) is 83.8 Å². The highest BCUT2D eigenvalue weighted by atomic mass is 16.6. The van der Waals surface area contributed by atoms with Crippen molar-refractivity contribution in [2.75, 3.05) is 7.11 Å². The molecule has 0 spiro atoms. The number of para-hydroxylation sites is 2. The Labute approximate surface area is 220 Å². The van der Waals surface area contributed by atoms with E-state index >= 15 is 0 Å². The SMILES string of the molecule is COc1ccccc1-n1cc2c(cc1=O)CC(C(=O)OCc1ccccc1)(C(=O)OCc1ccccc1)C2. The summed E-state index contributed by atoms with van der Waals surface area (Å²) in [4.78, 5) is 40.2. The average Bonchev–Trinajstić information content (AvgIpc) is 3.35.